The number of aromatic nitrogens is 2. The van der Waals surface area contributed by atoms with E-state index in [1.807, 2.05) is 30.3 Å². The molecule has 3 rings (SSSR count). The second-order valence-electron chi connectivity index (χ2n) is 5.96. The number of hydrogen-bond donors (Lipinski definition) is 2. The number of hydrogen-bond acceptors (Lipinski definition) is 6. The van der Waals surface area contributed by atoms with Crippen LogP contribution in [0.25, 0.3) is 0 Å². The maximum Gasteiger partial charge on any atom is 0.340 e. The third-order valence-electron chi connectivity index (χ3n) is 3.96. The second-order valence-corrected chi connectivity index (χ2v) is 6.40. The summed E-state index contributed by atoms with van der Waals surface area (Å²) in [7, 11) is 0. The van der Waals surface area contributed by atoms with Gasteiger partial charge < -0.3 is 15.4 Å². The molecule has 0 aliphatic rings. The molecule has 144 valence electrons. The number of rotatable bonds is 8. The van der Waals surface area contributed by atoms with E-state index in [4.69, 9.17) is 16.3 Å². The Bertz CT molecular complexity index is 932. The molecule has 7 heteroatoms. The van der Waals surface area contributed by atoms with Crippen LogP contribution < -0.4 is 10.6 Å². The van der Waals surface area contributed by atoms with E-state index in [1.54, 1.807) is 37.4 Å². The highest BCUT2D eigenvalue weighted by Gasteiger charge is 2.12. The highest BCUT2D eigenvalue weighted by molar-refractivity contribution is 6.30. The standard InChI is InChI=1S/C21H21ClN4O2/c1-2-28-20(27)17-5-3-4-6-18(17)25-21-24-14-12-19(26-21)23-13-11-15-7-9-16(22)10-8-15/h3-10,12,14H,2,11,13H2,1H3,(H2,23,24,25,26). The van der Waals surface area contributed by atoms with Crippen LogP contribution >= 0.6 is 11.6 Å². The van der Waals surface area contributed by atoms with Gasteiger partial charge in [-0.2, -0.15) is 4.98 Å². The zero-order chi connectivity index (χ0) is 19.8. The first-order valence-electron chi connectivity index (χ1n) is 9.00. The van der Waals surface area contributed by atoms with Crippen molar-refractivity contribution in [2.75, 3.05) is 23.8 Å². The summed E-state index contributed by atoms with van der Waals surface area (Å²) >= 11 is 5.91. The lowest BCUT2D eigenvalue weighted by Gasteiger charge is -2.11. The van der Waals surface area contributed by atoms with Crippen molar-refractivity contribution in [3.63, 3.8) is 0 Å². The Morgan fingerprint density at radius 1 is 1.11 bits per heavy atom. The van der Waals surface area contributed by atoms with Crippen LogP contribution in [-0.4, -0.2) is 29.1 Å². The summed E-state index contributed by atoms with van der Waals surface area (Å²) < 4.78 is 5.09. The molecule has 0 unspecified atom stereocenters. The van der Waals surface area contributed by atoms with Crippen molar-refractivity contribution in [3.05, 3.63) is 76.9 Å². The predicted octanol–water partition coefficient (Wildman–Crippen LogP) is 4.70. The third kappa shape index (κ3) is 5.44. The third-order valence-corrected chi connectivity index (χ3v) is 4.21. The number of esters is 1. The smallest absolute Gasteiger partial charge is 0.340 e. The molecule has 0 saturated carbocycles. The van der Waals surface area contributed by atoms with Crippen molar-refractivity contribution in [1.82, 2.24) is 9.97 Å². The molecule has 0 atom stereocenters. The first kappa shape index (κ1) is 19.6. The molecule has 0 amide bonds. The summed E-state index contributed by atoms with van der Waals surface area (Å²) in [5.74, 6) is 0.705. The second kappa shape index (κ2) is 9.71. The summed E-state index contributed by atoms with van der Waals surface area (Å²) in [6, 6.07) is 16.7. The molecule has 0 aliphatic carbocycles. The van der Waals surface area contributed by atoms with E-state index >= 15 is 0 Å². The van der Waals surface area contributed by atoms with Gasteiger partial charge in [0.15, 0.2) is 0 Å². The van der Waals surface area contributed by atoms with Gasteiger partial charge in [-0.1, -0.05) is 35.9 Å². The fraction of sp³-hybridized carbons (Fsp3) is 0.190. The maximum absolute atomic E-state index is 12.1. The molecule has 3 aromatic rings. The Kier molecular flexibility index (Phi) is 6.81. The largest absolute Gasteiger partial charge is 0.462 e. The summed E-state index contributed by atoms with van der Waals surface area (Å²) in [6.07, 6.45) is 2.50. The Labute approximate surface area is 168 Å². The molecule has 6 nitrogen and oxygen atoms in total. The summed E-state index contributed by atoms with van der Waals surface area (Å²) in [4.78, 5) is 20.8. The Hall–Kier alpha value is -3.12. The van der Waals surface area contributed by atoms with E-state index < -0.39 is 0 Å². The van der Waals surface area contributed by atoms with Crippen molar-refractivity contribution in [1.29, 1.82) is 0 Å². The van der Waals surface area contributed by atoms with E-state index in [2.05, 4.69) is 20.6 Å². The fourth-order valence-corrected chi connectivity index (χ4v) is 2.73. The normalized spacial score (nSPS) is 10.4. The van der Waals surface area contributed by atoms with E-state index in [-0.39, 0.29) is 5.97 Å². The summed E-state index contributed by atoms with van der Waals surface area (Å²) in [6.45, 7) is 2.81. The van der Waals surface area contributed by atoms with Crippen molar-refractivity contribution in [2.24, 2.45) is 0 Å². The van der Waals surface area contributed by atoms with Crippen LogP contribution in [0.1, 0.15) is 22.8 Å². The number of ether oxygens (including phenoxy) is 1. The molecular formula is C21H21ClN4O2. The number of carbonyl (C=O) groups excluding carboxylic acids is 1. The van der Waals surface area contributed by atoms with Crippen LogP contribution in [0.2, 0.25) is 5.02 Å². The Balaban J connectivity index is 1.64. The van der Waals surface area contributed by atoms with Crippen LogP contribution in [0.3, 0.4) is 0 Å². The molecule has 0 saturated heterocycles. The van der Waals surface area contributed by atoms with Crippen LogP contribution in [0.15, 0.2) is 60.8 Å². The van der Waals surface area contributed by atoms with Gasteiger partial charge in [0.05, 0.1) is 17.9 Å². The van der Waals surface area contributed by atoms with Gasteiger partial charge in [-0.3, -0.25) is 0 Å². The highest BCUT2D eigenvalue weighted by atomic mass is 35.5. The average molecular weight is 397 g/mol. The molecule has 28 heavy (non-hydrogen) atoms. The van der Waals surface area contributed by atoms with Gasteiger partial charge in [-0.15, -0.1) is 0 Å². The minimum absolute atomic E-state index is 0.316. The first-order chi connectivity index (χ1) is 13.7. The van der Waals surface area contributed by atoms with Crippen molar-refractivity contribution >= 4 is 35.0 Å². The van der Waals surface area contributed by atoms with Crippen LogP contribution in [0.5, 0.6) is 0 Å². The zero-order valence-electron chi connectivity index (χ0n) is 15.5. The molecule has 0 aliphatic heterocycles. The lowest BCUT2D eigenvalue weighted by atomic mass is 10.1. The maximum atomic E-state index is 12.1. The monoisotopic (exact) mass is 396 g/mol. The van der Waals surface area contributed by atoms with Gasteiger partial charge in [0.25, 0.3) is 0 Å². The summed E-state index contributed by atoms with van der Waals surface area (Å²) in [5.41, 5.74) is 2.22. The molecule has 2 N–H and O–H groups in total. The lowest BCUT2D eigenvalue weighted by molar-refractivity contribution is 0.0527. The van der Waals surface area contributed by atoms with Crippen LogP contribution in [0, 0.1) is 0 Å². The number of carbonyl (C=O) groups is 1. The molecular weight excluding hydrogens is 376 g/mol. The van der Waals surface area contributed by atoms with Crippen LogP contribution in [-0.2, 0) is 11.2 Å². The van der Waals surface area contributed by atoms with E-state index in [0.29, 0.717) is 29.6 Å². The van der Waals surface area contributed by atoms with Gasteiger partial charge in [-0.25, -0.2) is 9.78 Å². The number of nitrogens with zero attached hydrogens (tertiary/aromatic N) is 2. The topological polar surface area (TPSA) is 76.1 Å². The molecule has 0 radical (unpaired) electrons. The molecule has 0 fully saturated rings. The van der Waals surface area contributed by atoms with Crippen molar-refractivity contribution in [3.8, 4) is 0 Å². The number of nitrogens with one attached hydrogen (secondary N) is 2. The minimum atomic E-state index is -0.386. The zero-order valence-corrected chi connectivity index (χ0v) is 16.2. The number of halogens is 1. The van der Waals surface area contributed by atoms with Gasteiger partial charge in [-0.05, 0) is 49.2 Å². The number of anilines is 3. The van der Waals surface area contributed by atoms with Gasteiger partial charge in [0.2, 0.25) is 5.95 Å². The van der Waals surface area contributed by atoms with Gasteiger partial charge in [0.1, 0.15) is 5.82 Å². The molecule has 1 heterocycles. The Morgan fingerprint density at radius 2 is 1.89 bits per heavy atom. The fourth-order valence-electron chi connectivity index (χ4n) is 2.60. The minimum Gasteiger partial charge on any atom is -0.462 e. The van der Waals surface area contributed by atoms with Gasteiger partial charge >= 0.3 is 5.97 Å². The Morgan fingerprint density at radius 3 is 2.68 bits per heavy atom. The molecule has 1 aromatic heterocycles. The molecule has 0 spiro atoms. The van der Waals surface area contributed by atoms with Gasteiger partial charge in [0, 0.05) is 17.8 Å². The van der Waals surface area contributed by atoms with E-state index in [9.17, 15) is 4.79 Å². The highest BCUT2D eigenvalue weighted by Crippen LogP contribution is 2.20. The van der Waals surface area contributed by atoms with E-state index in [1.165, 1.54) is 5.56 Å². The number of benzene rings is 2. The first-order valence-corrected chi connectivity index (χ1v) is 9.38. The number of para-hydroxylation sites is 1. The summed E-state index contributed by atoms with van der Waals surface area (Å²) in [5, 5.41) is 7.09. The lowest BCUT2D eigenvalue weighted by Crippen LogP contribution is -2.10. The van der Waals surface area contributed by atoms with Crippen molar-refractivity contribution < 1.29 is 9.53 Å². The average Bonchev–Trinajstić information content (AvgIpc) is 2.70. The van der Waals surface area contributed by atoms with Crippen LogP contribution in [0.4, 0.5) is 17.5 Å². The van der Waals surface area contributed by atoms with Crippen molar-refractivity contribution in [2.45, 2.75) is 13.3 Å². The molecule has 0 bridgehead atoms. The quantitative estimate of drug-likeness (QED) is 0.537. The predicted molar refractivity (Wildman–Crippen MR) is 111 cm³/mol. The SMILES string of the molecule is CCOC(=O)c1ccccc1Nc1nccc(NCCc2ccc(Cl)cc2)n1. The molecule has 2 aromatic carbocycles. The van der Waals surface area contributed by atoms with E-state index in [0.717, 1.165) is 18.0 Å².